The highest BCUT2D eigenvalue weighted by atomic mass is 16.4. The van der Waals surface area contributed by atoms with Crippen molar-refractivity contribution in [2.75, 3.05) is 0 Å². The van der Waals surface area contributed by atoms with Crippen molar-refractivity contribution < 1.29 is 13.6 Å². The zero-order valence-electron chi connectivity index (χ0n) is 13.7. The van der Waals surface area contributed by atoms with E-state index in [-0.39, 0.29) is 12.5 Å². The minimum absolute atomic E-state index is 0.103. The number of para-hydroxylation sites is 2. The van der Waals surface area contributed by atoms with Gasteiger partial charge in [-0.15, -0.1) is 0 Å². The Kier molecular flexibility index (Phi) is 4.10. The molecule has 3 aromatic heterocycles. The molecule has 4 aromatic rings. The summed E-state index contributed by atoms with van der Waals surface area (Å²) in [4.78, 5) is 28.4. The maximum absolute atomic E-state index is 12.2. The van der Waals surface area contributed by atoms with E-state index in [1.165, 1.54) is 4.57 Å². The maximum atomic E-state index is 12.2. The number of pyridine rings is 1. The molecule has 3 heterocycles. The van der Waals surface area contributed by atoms with Crippen molar-refractivity contribution in [2.24, 2.45) is 0 Å². The average molecular weight is 349 g/mol. The SMILES string of the molecule is O=C(Cn1c(=O)oc2ccccc21)NCc1ccc(-c2ccco2)nc1. The number of amides is 1. The van der Waals surface area contributed by atoms with Gasteiger partial charge in [0.05, 0.1) is 11.8 Å². The van der Waals surface area contributed by atoms with Crippen LogP contribution < -0.4 is 11.1 Å². The summed E-state index contributed by atoms with van der Waals surface area (Å²) in [5.74, 6) is -0.147. The Morgan fingerprint density at radius 1 is 1.12 bits per heavy atom. The van der Waals surface area contributed by atoms with Gasteiger partial charge in [0.25, 0.3) is 0 Å². The van der Waals surface area contributed by atoms with Crippen molar-refractivity contribution >= 4 is 17.0 Å². The minimum Gasteiger partial charge on any atom is -0.463 e. The lowest BCUT2D eigenvalue weighted by Gasteiger charge is -2.06. The number of nitrogens with one attached hydrogen (secondary N) is 1. The number of nitrogens with zero attached hydrogens (tertiary/aromatic N) is 2. The van der Waals surface area contributed by atoms with Crippen LogP contribution in [-0.4, -0.2) is 15.5 Å². The van der Waals surface area contributed by atoms with Gasteiger partial charge in [-0.25, -0.2) is 4.79 Å². The molecule has 0 bridgehead atoms. The molecule has 26 heavy (non-hydrogen) atoms. The molecule has 0 saturated heterocycles. The van der Waals surface area contributed by atoms with Crippen LogP contribution in [0.3, 0.4) is 0 Å². The molecule has 7 heteroatoms. The van der Waals surface area contributed by atoms with Gasteiger partial charge in [0.2, 0.25) is 5.91 Å². The molecule has 0 aliphatic heterocycles. The van der Waals surface area contributed by atoms with E-state index < -0.39 is 5.76 Å². The van der Waals surface area contributed by atoms with E-state index in [4.69, 9.17) is 8.83 Å². The molecule has 4 rings (SSSR count). The van der Waals surface area contributed by atoms with E-state index in [9.17, 15) is 9.59 Å². The third-order valence-corrected chi connectivity index (χ3v) is 3.96. The lowest BCUT2D eigenvalue weighted by atomic mass is 10.2. The minimum atomic E-state index is -0.550. The van der Waals surface area contributed by atoms with Crippen molar-refractivity contribution in [2.45, 2.75) is 13.1 Å². The van der Waals surface area contributed by atoms with E-state index in [1.54, 1.807) is 42.8 Å². The Hall–Kier alpha value is -3.61. The van der Waals surface area contributed by atoms with Crippen molar-refractivity contribution in [1.29, 1.82) is 0 Å². The van der Waals surface area contributed by atoms with Crippen LogP contribution in [0.4, 0.5) is 0 Å². The number of carbonyl (C=O) groups excluding carboxylic acids is 1. The van der Waals surface area contributed by atoms with Gasteiger partial charge in [-0.1, -0.05) is 18.2 Å². The van der Waals surface area contributed by atoms with Gasteiger partial charge in [-0.05, 0) is 35.9 Å². The first kappa shape index (κ1) is 15.9. The molecule has 0 radical (unpaired) electrons. The van der Waals surface area contributed by atoms with Gasteiger partial charge in [-0.2, -0.15) is 0 Å². The molecule has 0 fully saturated rings. The lowest BCUT2D eigenvalue weighted by molar-refractivity contribution is -0.121. The van der Waals surface area contributed by atoms with Gasteiger partial charge in [0.1, 0.15) is 12.2 Å². The van der Waals surface area contributed by atoms with E-state index in [0.717, 1.165) is 11.3 Å². The smallest absolute Gasteiger partial charge is 0.420 e. The fraction of sp³-hybridized carbons (Fsp3) is 0.105. The van der Waals surface area contributed by atoms with E-state index in [2.05, 4.69) is 10.3 Å². The number of oxazole rings is 1. The highest BCUT2D eigenvalue weighted by Crippen LogP contribution is 2.17. The Balaban J connectivity index is 1.41. The van der Waals surface area contributed by atoms with Crippen molar-refractivity contribution in [3.8, 4) is 11.5 Å². The first-order chi connectivity index (χ1) is 12.7. The van der Waals surface area contributed by atoms with Crippen molar-refractivity contribution in [3.63, 3.8) is 0 Å². The summed E-state index contributed by atoms with van der Waals surface area (Å²) in [7, 11) is 0. The molecule has 130 valence electrons. The number of hydrogen-bond acceptors (Lipinski definition) is 5. The largest absolute Gasteiger partial charge is 0.463 e. The Bertz CT molecular complexity index is 1090. The summed E-state index contributed by atoms with van der Waals surface area (Å²) in [5, 5.41) is 2.78. The van der Waals surface area contributed by atoms with E-state index in [1.807, 2.05) is 18.2 Å². The number of fused-ring (bicyclic) bond motifs is 1. The second-order valence-corrected chi connectivity index (χ2v) is 5.73. The highest BCUT2D eigenvalue weighted by Gasteiger charge is 2.12. The predicted octanol–water partition coefficient (Wildman–Crippen LogP) is 2.57. The third-order valence-electron chi connectivity index (χ3n) is 3.96. The van der Waals surface area contributed by atoms with Gasteiger partial charge < -0.3 is 14.2 Å². The summed E-state index contributed by atoms with van der Waals surface area (Å²) in [6.45, 7) is 0.211. The summed E-state index contributed by atoms with van der Waals surface area (Å²) >= 11 is 0. The normalized spacial score (nSPS) is 10.9. The standard InChI is InChI=1S/C19H15N3O4/c23-18(12-22-15-4-1-2-5-17(15)26-19(22)24)21-11-13-7-8-14(20-10-13)16-6-3-9-25-16/h1-10H,11-12H2,(H,21,23). The highest BCUT2D eigenvalue weighted by molar-refractivity contribution is 5.79. The number of aromatic nitrogens is 2. The molecule has 1 amide bonds. The van der Waals surface area contributed by atoms with Crippen molar-refractivity contribution in [1.82, 2.24) is 14.9 Å². The monoisotopic (exact) mass is 349 g/mol. The average Bonchev–Trinajstić information content (AvgIpc) is 3.29. The zero-order chi connectivity index (χ0) is 17.9. The topological polar surface area (TPSA) is 90.3 Å². The van der Waals surface area contributed by atoms with Crippen LogP contribution in [0.1, 0.15) is 5.56 Å². The Labute approximate surface area is 147 Å². The van der Waals surface area contributed by atoms with E-state index >= 15 is 0 Å². The first-order valence-electron chi connectivity index (χ1n) is 8.04. The second kappa shape index (κ2) is 6.72. The van der Waals surface area contributed by atoms with Crippen LogP contribution in [0, 0.1) is 0 Å². The molecule has 0 aliphatic rings. The van der Waals surface area contributed by atoms with Crippen LogP contribution in [0.25, 0.3) is 22.6 Å². The molecule has 0 unspecified atom stereocenters. The van der Waals surface area contributed by atoms with Gasteiger partial charge in [0.15, 0.2) is 11.3 Å². The maximum Gasteiger partial charge on any atom is 0.420 e. The molecule has 0 spiro atoms. The van der Waals surface area contributed by atoms with Gasteiger partial charge in [-0.3, -0.25) is 14.3 Å². The number of carbonyl (C=O) groups is 1. The molecule has 1 aromatic carbocycles. The molecule has 0 saturated carbocycles. The lowest BCUT2D eigenvalue weighted by Crippen LogP contribution is -2.30. The van der Waals surface area contributed by atoms with Crippen LogP contribution in [0.2, 0.25) is 0 Å². The second-order valence-electron chi connectivity index (χ2n) is 5.73. The van der Waals surface area contributed by atoms with Crippen molar-refractivity contribution in [3.05, 3.63) is 77.1 Å². The number of hydrogen-bond donors (Lipinski definition) is 1. The molecular formula is C19H15N3O4. The fourth-order valence-corrected chi connectivity index (χ4v) is 2.66. The molecule has 0 atom stereocenters. The Morgan fingerprint density at radius 2 is 2.00 bits per heavy atom. The van der Waals surface area contributed by atoms with Crippen LogP contribution in [0.5, 0.6) is 0 Å². The summed E-state index contributed by atoms with van der Waals surface area (Å²) in [5.41, 5.74) is 2.62. The molecule has 1 N–H and O–H groups in total. The number of benzene rings is 1. The molecule has 0 aliphatic carbocycles. The zero-order valence-corrected chi connectivity index (χ0v) is 13.7. The fourth-order valence-electron chi connectivity index (χ4n) is 2.66. The number of furan rings is 1. The van der Waals surface area contributed by atoms with Crippen LogP contribution >= 0.6 is 0 Å². The summed E-state index contributed by atoms with van der Waals surface area (Å²) in [6.07, 6.45) is 3.27. The van der Waals surface area contributed by atoms with Gasteiger partial charge >= 0.3 is 5.76 Å². The van der Waals surface area contributed by atoms with Crippen LogP contribution in [0.15, 0.2) is 74.6 Å². The predicted molar refractivity (Wildman–Crippen MR) is 94.3 cm³/mol. The third kappa shape index (κ3) is 3.14. The first-order valence-corrected chi connectivity index (χ1v) is 8.04. The van der Waals surface area contributed by atoms with E-state index in [0.29, 0.717) is 23.4 Å². The molecular weight excluding hydrogens is 334 g/mol. The quantitative estimate of drug-likeness (QED) is 0.598. The van der Waals surface area contributed by atoms with Gasteiger partial charge in [0, 0.05) is 12.7 Å². The molecule has 7 nitrogen and oxygen atoms in total. The van der Waals surface area contributed by atoms with Crippen LogP contribution in [-0.2, 0) is 17.9 Å². The summed E-state index contributed by atoms with van der Waals surface area (Å²) < 4.78 is 11.7. The Morgan fingerprint density at radius 3 is 2.77 bits per heavy atom. The number of rotatable bonds is 5. The summed E-state index contributed by atoms with van der Waals surface area (Å²) in [6, 6.07) is 14.3.